The van der Waals surface area contributed by atoms with Crippen LogP contribution in [0.4, 0.5) is 0 Å². The first-order chi connectivity index (χ1) is 13.2. The van der Waals surface area contributed by atoms with Crippen molar-refractivity contribution in [3.05, 3.63) is 30.1 Å². The minimum Gasteiger partial charge on any atom is -0.383 e. The number of nitrogens with zero attached hydrogens (tertiary/aromatic N) is 3. The van der Waals surface area contributed by atoms with Crippen LogP contribution in [-0.4, -0.2) is 59.8 Å². The van der Waals surface area contributed by atoms with Crippen LogP contribution in [0, 0.1) is 0 Å². The van der Waals surface area contributed by atoms with Crippen LogP contribution in [0.1, 0.15) is 44.9 Å². The average Bonchev–Trinajstić information content (AvgIpc) is 3.24. The van der Waals surface area contributed by atoms with Gasteiger partial charge in [0.15, 0.2) is 0 Å². The zero-order chi connectivity index (χ0) is 19.1. The van der Waals surface area contributed by atoms with Gasteiger partial charge in [-0.2, -0.15) is 5.10 Å². The van der Waals surface area contributed by atoms with E-state index in [4.69, 9.17) is 4.74 Å². The summed E-state index contributed by atoms with van der Waals surface area (Å²) in [6.45, 7) is 2.09. The summed E-state index contributed by atoms with van der Waals surface area (Å²) in [5.74, 6) is 0.127. The van der Waals surface area contributed by atoms with Gasteiger partial charge in [-0.3, -0.25) is 14.3 Å². The minimum atomic E-state index is -0.738. The number of hydrogen-bond acceptors (Lipinski definition) is 4. The highest BCUT2D eigenvalue weighted by Crippen LogP contribution is 2.31. The van der Waals surface area contributed by atoms with E-state index in [2.05, 4.69) is 16.5 Å². The molecule has 0 unspecified atom stereocenters. The number of carbonyl (C=O) groups excluding carboxylic acids is 2. The van der Waals surface area contributed by atoms with Gasteiger partial charge in [0.05, 0.1) is 6.61 Å². The van der Waals surface area contributed by atoms with E-state index in [9.17, 15) is 9.59 Å². The number of allylic oxidation sites excluding steroid dienone is 1. The number of likely N-dealkylation sites (tertiary alicyclic amines) is 1. The summed E-state index contributed by atoms with van der Waals surface area (Å²) in [4.78, 5) is 27.5. The molecule has 2 heterocycles. The van der Waals surface area contributed by atoms with Crippen molar-refractivity contribution in [1.29, 1.82) is 0 Å². The summed E-state index contributed by atoms with van der Waals surface area (Å²) in [6, 6.07) is 1.83. The van der Waals surface area contributed by atoms with Crippen molar-refractivity contribution in [3.63, 3.8) is 0 Å². The zero-order valence-corrected chi connectivity index (χ0v) is 16.2. The number of methoxy groups -OCH3 is 1. The molecule has 0 spiro atoms. The van der Waals surface area contributed by atoms with Crippen LogP contribution < -0.4 is 5.32 Å². The molecule has 0 saturated carbocycles. The van der Waals surface area contributed by atoms with E-state index in [1.165, 1.54) is 18.4 Å². The van der Waals surface area contributed by atoms with Crippen LogP contribution in [0.3, 0.4) is 0 Å². The van der Waals surface area contributed by atoms with Crippen LogP contribution >= 0.6 is 0 Å². The Kier molecular flexibility index (Phi) is 6.66. The Hall–Kier alpha value is -2.15. The summed E-state index contributed by atoms with van der Waals surface area (Å²) in [5, 5.41) is 7.29. The van der Waals surface area contributed by atoms with Crippen molar-refractivity contribution in [3.8, 4) is 0 Å². The van der Waals surface area contributed by atoms with Crippen molar-refractivity contribution in [1.82, 2.24) is 20.0 Å². The molecule has 2 aliphatic rings. The second-order valence-electron chi connectivity index (χ2n) is 7.40. The lowest BCUT2D eigenvalue weighted by molar-refractivity contribution is -0.139. The SMILES string of the molecule is COCCNC(=O)C1(n2cccn2)CCN(C(=O)CC2=CCCCC2)CC1. The normalized spacial score (nSPS) is 19.4. The summed E-state index contributed by atoms with van der Waals surface area (Å²) >= 11 is 0. The highest BCUT2D eigenvalue weighted by atomic mass is 16.5. The number of ether oxygens (including phenoxy) is 1. The van der Waals surface area contributed by atoms with Gasteiger partial charge in [-0.25, -0.2) is 0 Å². The van der Waals surface area contributed by atoms with Gasteiger partial charge < -0.3 is 15.0 Å². The fraction of sp³-hybridized carbons (Fsp3) is 0.650. The lowest BCUT2D eigenvalue weighted by Crippen LogP contribution is -2.56. The van der Waals surface area contributed by atoms with E-state index in [0.29, 0.717) is 45.5 Å². The Morgan fingerprint density at radius 2 is 2.11 bits per heavy atom. The van der Waals surface area contributed by atoms with Gasteiger partial charge in [0.2, 0.25) is 11.8 Å². The monoisotopic (exact) mass is 374 g/mol. The zero-order valence-electron chi connectivity index (χ0n) is 16.2. The van der Waals surface area contributed by atoms with Gasteiger partial charge in [-0.1, -0.05) is 11.6 Å². The number of hydrogen-bond donors (Lipinski definition) is 1. The Bertz CT molecular complexity index is 661. The van der Waals surface area contributed by atoms with Gasteiger partial charge in [0.1, 0.15) is 5.54 Å². The summed E-state index contributed by atoms with van der Waals surface area (Å²) < 4.78 is 6.78. The maximum Gasteiger partial charge on any atom is 0.248 e. The molecule has 0 bridgehead atoms. The van der Waals surface area contributed by atoms with E-state index < -0.39 is 5.54 Å². The molecule has 1 aromatic heterocycles. The van der Waals surface area contributed by atoms with Gasteiger partial charge in [-0.15, -0.1) is 0 Å². The van der Waals surface area contributed by atoms with Crippen molar-refractivity contribution in [2.75, 3.05) is 33.4 Å². The van der Waals surface area contributed by atoms with Crippen LogP contribution in [0.5, 0.6) is 0 Å². The first kappa shape index (κ1) is 19.6. The lowest BCUT2D eigenvalue weighted by atomic mass is 9.86. The number of piperidine rings is 1. The molecule has 148 valence electrons. The molecule has 1 aromatic rings. The molecule has 0 atom stereocenters. The number of rotatable bonds is 7. The van der Waals surface area contributed by atoms with E-state index in [1.54, 1.807) is 18.0 Å². The molecule has 1 aliphatic heterocycles. The standard InChI is InChI=1S/C20H30N4O3/c1-27-15-11-21-19(26)20(24-12-5-10-22-24)8-13-23(14-9-20)18(25)16-17-6-3-2-4-7-17/h5-6,10,12H,2-4,7-9,11,13-16H2,1H3,(H,21,26). The molecule has 1 fully saturated rings. The molecule has 0 aromatic carbocycles. The van der Waals surface area contributed by atoms with Crippen LogP contribution in [0.25, 0.3) is 0 Å². The van der Waals surface area contributed by atoms with E-state index >= 15 is 0 Å². The number of nitrogens with one attached hydrogen (secondary N) is 1. The second kappa shape index (κ2) is 9.17. The average molecular weight is 374 g/mol. The smallest absolute Gasteiger partial charge is 0.248 e. The molecule has 7 nitrogen and oxygen atoms in total. The fourth-order valence-corrected chi connectivity index (χ4v) is 4.01. The number of amides is 2. The van der Waals surface area contributed by atoms with Crippen molar-refractivity contribution in [2.24, 2.45) is 0 Å². The third-order valence-corrected chi connectivity index (χ3v) is 5.66. The first-order valence-electron chi connectivity index (χ1n) is 9.89. The van der Waals surface area contributed by atoms with Gasteiger partial charge in [0, 0.05) is 45.6 Å². The van der Waals surface area contributed by atoms with Gasteiger partial charge in [0.25, 0.3) is 0 Å². The van der Waals surface area contributed by atoms with Crippen LogP contribution in [0.15, 0.2) is 30.1 Å². The maximum atomic E-state index is 12.9. The molecular weight excluding hydrogens is 344 g/mol. The third kappa shape index (κ3) is 4.58. The predicted octanol–water partition coefficient (Wildman–Crippen LogP) is 1.85. The van der Waals surface area contributed by atoms with Crippen LogP contribution in [-0.2, 0) is 19.9 Å². The second-order valence-corrected chi connectivity index (χ2v) is 7.40. The highest BCUT2D eigenvalue weighted by molar-refractivity contribution is 5.85. The van der Waals surface area contributed by atoms with Crippen molar-refractivity contribution in [2.45, 2.75) is 50.5 Å². The van der Waals surface area contributed by atoms with E-state index in [1.807, 2.05) is 17.2 Å². The number of carbonyl (C=O) groups is 2. The Morgan fingerprint density at radius 1 is 1.30 bits per heavy atom. The molecule has 7 heteroatoms. The topological polar surface area (TPSA) is 76.5 Å². The van der Waals surface area contributed by atoms with Crippen molar-refractivity contribution < 1.29 is 14.3 Å². The third-order valence-electron chi connectivity index (χ3n) is 5.66. The fourth-order valence-electron chi connectivity index (χ4n) is 4.01. The van der Waals surface area contributed by atoms with E-state index in [-0.39, 0.29) is 11.8 Å². The molecule has 3 rings (SSSR count). The van der Waals surface area contributed by atoms with Gasteiger partial charge >= 0.3 is 0 Å². The molecular formula is C20H30N4O3. The summed E-state index contributed by atoms with van der Waals surface area (Å²) in [7, 11) is 1.61. The Labute approximate surface area is 160 Å². The molecule has 0 radical (unpaired) electrons. The van der Waals surface area contributed by atoms with Crippen molar-refractivity contribution >= 4 is 11.8 Å². The molecule has 1 N–H and O–H groups in total. The quantitative estimate of drug-likeness (QED) is 0.584. The first-order valence-corrected chi connectivity index (χ1v) is 9.89. The van der Waals surface area contributed by atoms with E-state index in [0.717, 1.165) is 12.8 Å². The minimum absolute atomic E-state index is 0.0506. The largest absolute Gasteiger partial charge is 0.383 e. The predicted molar refractivity (Wildman–Crippen MR) is 102 cm³/mol. The molecule has 1 saturated heterocycles. The molecule has 27 heavy (non-hydrogen) atoms. The Morgan fingerprint density at radius 3 is 2.74 bits per heavy atom. The summed E-state index contributed by atoms with van der Waals surface area (Å²) in [5.41, 5.74) is 0.533. The lowest BCUT2D eigenvalue weighted by Gasteiger charge is -2.41. The highest BCUT2D eigenvalue weighted by Gasteiger charge is 2.44. The molecule has 1 aliphatic carbocycles. The molecule has 2 amide bonds. The number of aromatic nitrogens is 2. The Balaban J connectivity index is 1.64. The van der Waals surface area contributed by atoms with Gasteiger partial charge in [-0.05, 0) is 44.6 Å². The van der Waals surface area contributed by atoms with Crippen LogP contribution in [0.2, 0.25) is 0 Å². The summed E-state index contributed by atoms with van der Waals surface area (Å²) in [6.07, 6.45) is 12.0. The maximum absolute atomic E-state index is 12.9.